The lowest BCUT2D eigenvalue weighted by Crippen LogP contribution is -2.61. The first-order chi connectivity index (χ1) is 54.7. The van der Waals surface area contributed by atoms with E-state index in [1.165, 1.54) is 30.8 Å². The number of rotatable bonds is 29. The molecule has 10 nitrogen and oxygen atoms in total. The topological polar surface area (TPSA) is 152 Å². The molecule has 2 aromatic carbocycles. The van der Waals surface area contributed by atoms with E-state index in [0.717, 1.165) is 112 Å². The molecule has 0 amide bonds. The van der Waals surface area contributed by atoms with Gasteiger partial charge in [-0.2, -0.15) is 52.7 Å². The molecular weight excluding hydrogens is 1680 g/mol. The number of carbonyl (C=O) groups excluding carboxylic acids is 1. The number of aliphatic hydroxyl groups is 4. The molecule has 6 unspecified atom stereocenters. The lowest BCUT2D eigenvalue weighted by molar-refractivity contribution is -0.347. The number of aliphatic hydroxyl groups excluding tert-OH is 2. The summed E-state index contributed by atoms with van der Waals surface area (Å²) in [5.74, 6) is 0.336. The Morgan fingerprint density at radius 3 is 1.31 bits per heavy atom. The monoisotopic (exact) mass is 1840 g/mol. The van der Waals surface area contributed by atoms with Crippen LogP contribution in [0.25, 0.3) is 0 Å². The number of alkyl halides is 12. The van der Waals surface area contributed by atoms with E-state index in [9.17, 15) is 82.5 Å². The van der Waals surface area contributed by atoms with Crippen molar-refractivity contribution in [1.29, 1.82) is 0 Å². The predicted molar refractivity (Wildman–Crippen MR) is 490 cm³/mol. The van der Waals surface area contributed by atoms with Crippen LogP contribution in [0, 0.1) is 45.3 Å². The van der Waals surface area contributed by atoms with Crippen molar-refractivity contribution in [2.45, 2.75) is 413 Å². The van der Waals surface area contributed by atoms with Crippen molar-refractivity contribution in [1.82, 2.24) is 0 Å². The number of Topliss-reactive ketones (excluding diaryl/α,β-unsaturated/α-hetero) is 1. The minimum Gasteiger partial charge on any atom is -0.414 e. The van der Waals surface area contributed by atoms with Gasteiger partial charge in [0.1, 0.15) is 12.9 Å². The highest BCUT2D eigenvalue weighted by molar-refractivity contribution is 7.78. The zero-order valence-corrected chi connectivity index (χ0v) is 82.2. The number of hydrogen-bond donors (Lipinski definition) is 4. The molecular formula is C96H159F12O10PSi4. The number of ketones is 1. The van der Waals surface area contributed by atoms with Crippen LogP contribution < -0.4 is 10.6 Å². The molecule has 4 N–H and O–H groups in total. The average molecular weight is 1840 g/mol. The number of halogens is 12. The lowest BCUT2D eigenvalue weighted by Gasteiger charge is -2.49. The van der Waals surface area contributed by atoms with E-state index in [0.29, 0.717) is 63.9 Å². The van der Waals surface area contributed by atoms with Gasteiger partial charge in [-0.05, 0) is 290 Å². The van der Waals surface area contributed by atoms with Crippen LogP contribution in [-0.2, 0) is 27.1 Å². The third kappa shape index (κ3) is 29.1. The van der Waals surface area contributed by atoms with Crippen molar-refractivity contribution < 1.29 is 100 Å². The standard InChI is InChI=1S/C32H48F6O4.C32H51O3PSi2.C30H52F6O3Si2.2CH4/c1-27(2,41)13-6-14-28(3,15-7-17-30(42,31(33,34)35)32(36,37)38)26-12-11-25-22(8-5-16-29(25,26)4)10-9-21-18-23(39)20-24(40)19-21;1-31(2,3)37(7,8)34-27-23-26(24-28(25-27)35-38(9,10)32(4,5)6)21-22-36(33,29-17-13-11-14-18-29)30-19-15-12-16-20-30;1-25(2,38-40(5,6)7)17-12-18-26(3,24-16-15-22-23(37)14-11-20-27(22,24)4)19-13-21-28(29(31,32)33,30(34,35)36)39-41(8,9)10;;/h7,9-10,17,23-26,39-42H,5-6,8,11-16,18-20H2,1-4H3;11-21,27-28H,22-25H2,1-10H3;13,21-22,24H,11-12,14-20H2,1-10H3;2*1H4/b17-7-,22-10+;;21-13-;;/t23-,24-,25?,26?,28?,29+;27-,28-;22?,24?,26?,27-;;/m110../s1. The molecule has 6 fully saturated rings. The SMILES string of the molecule is C.C.CC(C)(C)[Si](C)(C)O[C@@H]1CC(=CCP(=O)(c2ccccc2)c2ccccc2)C[C@@H](O[Si](C)(C)C(C)(C)C)C1.CC(C)(CCCC(C)(C/C=C\C(O[Si](C)(C)C)(C(F)(F)F)C(F)(F)F)C1CCC2C(=O)CCC[C@@]21C)O[Si](C)(C)C.CC(C)(O)CCCC(C)(C/C=C\C(O)(C(F)(F)F)C(F)(F)F)C1CCC2/C(=C/C=C3C[C@@H](O)C[C@H](O)C3)CCC[C@@]21C. The summed E-state index contributed by atoms with van der Waals surface area (Å²) in [7, 11) is -11.8. The van der Waals surface area contributed by atoms with Gasteiger partial charge >= 0.3 is 24.7 Å². The van der Waals surface area contributed by atoms with E-state index in [2.05, 4.69) is 113 Å². The zero-order valence-electron chi connectivity index (χ0n) is 77.3. The van der Waals surface area contributed by atoms with Crippen molar-refractivity contribution in [3.63, 3.8) is 0 Å². The lowest BCUT2D eigenvalue weighted by atomic mass is 9.55. The highest BCUT2D eigenvalue weighted by Gasteiger charge is 2.72. The second-order valence-corrected chi connectivity index (χ2v) is 65.1. The van der Waals surface area contributed by atoms with Gasteiger partial charge in [0, 0.05) is 29.1 Å². The Morgan fingerprint density at radius 1 is 0.496 bits per heavy atom. The van der Waals surface area contributed by atoms with Gasteiger partial charge in [-0.15, -0.1) is 0 Å². The van der Waals surface area contributed by atoms with E-state index in [-0.39, 0.29) is 102 Å². The molecule has 8 rings (SSSR count). The molecule has 0 bridgehead atoms. The molecule has 6 saturated carbocycles. The Hall–Kier alpha value is -3.25. The van der Waals surface area contributed by atoms with Gasteiger partial charge in [0.05, 0.1) is 35.6 Å². The molecule has 12 atom stereocenters. The molecule has 0 saturated heterocycles. The summed E-state index contributed by atoms with van der Waals surface area (Å²) >= 11 is 0. The first-order valence-corrected chi connectivity index (χ1v) is 58.8. The second kappa shape index (κ2) is 41.7. The summed E-state index contributed by atoms with van der Waals surface area (Å²) in [6.07, 6.45) is 0.357. The van der Waals surface area contributed by atoms with Crippen LogP contribution >= 0.6 is 7.14 Å². The van der Waals surface area contributed by atoms with Gasteiger partial charge in [-0.1, -0.05) is 205 Å². The summed E-state index contributed by atoms with van der Waals surface area (Å²) in [6.45, 7) is 49.1. The molecule has 123 heavy (non-hydrogen) atoms. The van der Waals surface area contributed by atoms with Crippen molar-refractivity contribution in [2.75, 3.05) is 6.16 Å². The number of carbonyl (C=O) groups is 1. The fourth-order valence-electron chi connectivity index (χ4n) is 20.5. The third-order valence-corrected chi connectivity index (χ3v) is 42.4. The fraction of sp³-hybridized carbons (Fsp3) is 0.760. The number of benzene rings is 2. The molecule has 2 aromatic rings. The van der Waals surface area contributed by atoms with Crippen LogP contribution in [0.15, 0.2) is 120 Å². The zero-order chi connectivity index (χ0) is 92.1. The molecule has 6 aliphatic rings. The molecule has 6 aliphatic carbocycles. The van der Waals surface area contributed by atoms with Gasteiger partial charge < -0.3 is 42.7 Å². The predicted octanol–water partition coefficient (Wildman–Crippen LogP) is 28.1. The Kier molecular flexibility index (Phi) is 38.0. The van der Waals surface area contributed by atoms with E-state index < -0.39 is 111 Å². The molecule has 708 valence electrons. The molecule has 0 heterocycles. The first-order valence-electron chi connectivity index (χ1n) is 44.2. The third-order valence-electron chi connectivity index (χ3n) is 28.3. The molecule has 0 aliphatic heterocycles. The summed E-state index contributed by atoms with van der Waals surface area (Å²) in [5.41, 5.74) is -8.88. The smallest absolute Gasteiger partial charge is 0.414 e. The normalized spacial score (nSPS) is 26.1. The summed E-state index contributed by atoms with van der Waals surface area (Å²) in [6, 6.07) is 20.0. The molecule has 0 radical (unpaired) electrons. The molecule has 0 aromatic heterocycles. The summed E-state index contributed by atoms with van der Waals surface area (Å²) < 4.78 is 205. The van der Waals surface area contributed by atoms with E-state index in [1.807, 2.05) is 94.4 Å². The van der Waals surface area contributed by atoms with Crippen molar-refractivity contribution in [3.05, 3.63) is 120 Å². The Balaban J connectivity index is 0.000000385. The van der Waals surface area contributed by atoms with Crippen LogP contribution in [-0.4, -0.2) is 137 Å². The van der Waals surface area contributed by atoms with Crippen molar-refractivity contribution in [3.8, 4) is 0 Å². The number of allylic oxidation sites excluding steroid dienone is 6. The van der Waals surface area contributed by atoms with Gasteiger partial charge in [0.15, 0.2) is 33.3 Å². The maximum atomic E-state index is 14.6. The van der Waals surface area contributed by atoms with Gasteiger partial charge in [0.25, 0.3) is 11.2 Å². The summed E-state index contributed by atoms with van der Waals surface area (Å²) in [4.78, 5) is 12.8. The Morgan fingerprint density at radius 2 is 0.902 bits per heavy atom. The first kappa shape index (κ1) is 112. The number of fused-ring (bicyclic) bond motifs is 2. The van der Waals surface area contributed by atoms with Gasteiger partial charge in [-0.3, -0.25) is 4.79 Å². The maximum Gasteiger partial charge on any atom is 0.429 e. The van der Waals surface area contributed by atoms with Crippen LogP contribution in [0.4, 0.5) is 52.7 Å². The van der Waals surface area contributed by atoms with Crippen LogP contribution in [0.1, 0.15) is 266 Å². The van der Waals surface area contributed by atoms with Crippen LogP contribution in [0.3, 0.4) is 0 Å². The minimum atomic E-state index is -5.91. The molecule has 27 heteroatoms. The van der Waals surface area contributed by atoms with Crippen LogP contribution in [0.2, 0.25) is 75.5 Å². The van der Waals surface area contributed by atoms with E-state index in [4.69, 9.17) is 17.7 Å². The highest BCUT2D eigenvalue weighted by Crippen LogP contribution is 2.66. The largest absolute Gasteiger partial charge is 0.429 e. The van der Waals surface area contributed by atoms with Crippen LogP contribution in [0.5, 0.6) is 0 Å². The summed E-state index contributed by atoms with van der Waals surface area (Å²) in [5, 5.41) is 42.2. The second-order valence-electron chi connectivity index (χ2n) is 43.9. The molecule has 0 spiro atoms. The fourth-order valence-corrected chi connectivity index (χ4v) is 28.8. The highest BCUT2D eigenvalue weighted by atomic mass is 31.2. The van der Waals surface area contributed by atoms with Crippen molar-refractivity contribution >= 4 is 56.8 Å². The Labute approximate surface area is 737 Å². The Bertz CT molecular complexity index is 3780. The van der Waals surface area contributed by atoms with E-state index in [1.54, 1.807) is 13.8 Å². The maximum absolute atomic E-state index is 14.6. The minimum absolute atomic E-state index is 0. The number of hydrogen-bond acceptors (Lipinski definition) is 10. The van der Waals surface area contributed by atoms with Gasteiger partial charge in [0.2, 0.25) is 0 Å². The van der Waals surface area contributed by atoms with Crippen molar-refractivity contribution in [2.24, 2.45) is 45.3 Å². The van der Waals surface area contributed by atoms with Gasteiger partial charge in [-0.25, -0.2) is 0 Å². The van der Waals surface area contributed by atoms with E-state index >= 15 is 0 Å². The quantitative estimate of drug-likeness (QED) is 0.0268. The average Bonchev–Trinajstić information content (AvgIpc) is 1.44.